The molecule has 1 N–H and O–H groups in total. The number of H-pyrrole nitrogens is 1. The standard InChI is InChI=1S/C30H33N7O2/c1-34(2)22-16-36(17-22)30(38)20-6-4-19(5-7-20)24-13-31-29-28(24)33-25(14-32-29)21-8-9-26-27(12-21)39-18-23-15-35(3)10-11-37(23)26/h4-9,12-14,22-23H,10-11,15-18H2,1-3H3,(H,31,32). The lowest BCUT2D eigenvalue weighted by atomic mass is 10.0. The highest BCUT2D eigenvalue weighted by Crippen LogP contribution is 2.38. The number of nitrogens with one attached hydrogen (secondary N) is 1. The summed E-state index contributed by atoms with van der Waals surface area (Å²) in [6, 6.07) is 15.0. The van der Waals surface area contributed by atoms with Crippen molar-refractivity contribution in [3.63, 3.8) is 0 Å². The minimum Gasteiger partial charge on any atom is -0.489 e. The van der Waals surface area contributed by atoms with E-state index in [0.717, 1.165) is 77.7 Å². The Labute approximate surface area is 228 Å². The number of likely N-dealkylation sites (tertiary alicyclic amines) is 1. The lowest BCUT2D eigenvalue weighted by Crippen LogP contribution is -2.59. The van der Waals surface area contributed by atoms with Gasteiger partial charge in [-0.15, -0.1) is 0 Å². The van der Waals surface area contributed by atoms with Crippen molar-refractivity contribution in [2.45, 2.75) is 12.1 Å². The number of aromatic amines is 1. The number of benzene rings is 2. The van der Waals surface area contributed by atoms with Crippen LogP contribution in [0.15, 0.2) is 54.9 Å². The van der Waals surface area contributed by atoms with Gasteiger partial charge in [0, 0.05) is 61.7 Å². The van der Waals surface area contributed by atoms with Crippen LogP contribution in [-0.4, -0.2) is 108 Å². The van der Waals surface area contributed by atoms with Crippen molar-refractivity contribution in [1.82, 2.24) is 29.7 Å². The van der Waals surface area contributed by atoms with E-state index in [1.54, 1.807) is 0 Å². The molecule has 1 amide bonds. The van der Waals surface area contributed by atoms with E-state index in [-0.39, 0.29) is 5.91 Å². The number of anilines is 1. The number of carbonyl (C=O) groups is 1. The van der Waals surface area contributed by atoms with Crippen molar-refractivity contribution < 1.29 is 9.53 Å². The third-order valence-electron chi connectivity index (χ3n) is 8.39. The van der Waals surface area contributed by atoms with Crippen LogP contribution in [0.2, 0.25) is 0 Å². The largest absolute Gasteiger partial charge is 0.489 e. The lowest BCUT2D eigenvalue weighted by molar-refractivity contribution is 0.0399. The van der Waals surface area contributed by atoms with Crippen molar-refractivity contribution in [2.75, 3.05) is 65.4 Å². The van der Waals surface area contributed by atoms with Crippen molar-refractivity contribution >= 4 is 22.8 Å². The molecule has 2 aromatic heterocycles. The van der Waals surface area contributed by atoms with Crippen LogP contribution in [0.4, 0.5) is 5.69 Å². The minimum atomic E-state index is 0.0816. The SMILES string of the molecule is CN1CCN2c3ccc(-c4cnc5[nH]cc(-c6ccc(C(=O)N7CC(N(C)C)C7)cc6)c5n4)cc3OCC2C1. The summed E-state index contributed by atoms with van der Waals surface area (Å²) in [5, 5.41) is 0. The number of hydrogen-bond donors (Lipinski definition) is 1. The maximum atomic E-state index is 12.9. The van der Waals surface area contributed by atoms with Gasteiger partial charge in [0.1, 0.15) is 17.9 Å². The van der Waals surface area contributed by atoms with Gasteiger partial charge in [-0.05, 0) is 51.0 Å². The number of aromatic nitrogens is 3. The molecule has 200 valence electrons. The van der Waals surface area contributed by atoms with E-state index >= 15 is 0 Å². The van der Waals surface area contributed by atoms with Crippen molar-refractivity contribution in [2.24, 2.45) is 0 Å². The smallest absolute Gasteiger partial charge is 0.253 e. The van der Waals surface area contributed by atoms with Gasteiger partial charge in [0.25, 0.3) is 5.91 Å². The van der Waals surface area contributed by atoms with Gasteiger partial charge >= 0.3 is 0 Å². The molecule has 0 radical (unpaired) electrons. The molecule has 4 aromatic rings. The van der Waals surface area contributed by atoms with Crippen LogP contribution in [-0.2, 0) is 0 Å². The van der Waals surface area contributed by atoms with Crippen LogP contribution in [0.5, 0.6) is 5.75 Å². The molecule has 2 saturated heterocycles. The molecule has 3 aliphatic heterocycles. The molecule has 0 spiro atoms. The molecule has 2 fully saturated rings. The number of ether oxygens (including phenoxy) is 1. The molecule has 7 rings (SSSR count). The first-order chi connectivity index (χ1) is 18.9. The molecule has 3 aliphatic rings. The third-order valence-corrected chi connectivity index (χ3v) is 8.39. The highest BCUT2D eigenvalue weighted by molar-refractivity contribution is 5.96. The number of rotatable bonds is 4. The van der Waals surface area contributed by atoms with Crippen molar-refractivity contribution in [3.05, 3.63) is 60.4 Å². The molecule has 1 unspecified atom stereocenters. The summed E-state index contributed by atoms with van der Waals surface area (Å²) in [6.07, 6.45) is 3.74. The number of hydrogen-bond acceptors (Lipinski definition) is 7. The van der Waals surface area contributed by atoms with E-state index < -0.39 is 0 Å². The fourth-order valence-corrected chi connectivity index (χ4v) is 5.86. The molecule has 0 bridgehead atoms. The van der Waals surface area contributed by atoms with E-state index in [9.17, 15) is 4.79 Å². The summed E-state index contributed by atoms with van der Waals surface area (Å²) in [7, 11) is 6.28. The molecule has 0 saturated carbocycles. The van der Waals surface area contributed by atoms with Crippen LogP contribution in [0, 0.1) is 0 Å². The summed E-state index contributed by atoms with van der Waals surface area (Å²) < 4.78 is 6.19. The Morgan fingerprint density at radius 1 is 1.05 bits per heavy atom. The Morgan fingerprint density at radius 3 is 2.64 bits per heavy atom. The zero-order valence-corrected chi connectivity index (χ0v) is 22.6. The van der Waals surface area contributed by atoms with Crippen molar-refractivity contribution in [1.29, 1.82) is 0 Å². The van der Waals surface area contributed by atoms with E-state index in [1.807, 2.05) is 41.6 Å². The maximum absolute atomic E-state index is 12.9. The van der Waals surface area contributed by atoms with Gasteiger partial charge in [-0.3, -0.25) is 4.79 Å². The van der Waals surface area contributed by atoms with E-state index in [0.29, 0.717) is 24.3 Å². The summed E-state index contributed by atoms with van der Waals surface area (Å²) in [5.41, 5.74) is 7.14. The topological polar surface area (TPSA) is 80.8 Å². The van der Waals surface area contributed by atoms with Gasteiger partial charge in [0.2, 0.25) is 0 Å². The maximum Gasteiger partial charge on any atom is 0.253 e. The summed E-state index contributed by atoms with van der Waals surface area (Å²) in [4.78, 5) is 34.7. The lowest BCUT2D eigenvalue weighted by Gasteiger charge is -2.44. The van der Waals surface area contributed by atoms with Gasteiger partial charge in [0.15, 0.2) is 5.65 Å². The molecular formula is C30H33N7O2. The average Bonchev–Trinajstić information content (AvgIpc) is 3.35. The third kappa shape index (κ3) is 4.22. The number of piperazine rings is 1. The Bertz CT molecular complexity index is 1540. The molecule has 1 atom stereocenters. The second-order valence-corrected chi connectivity index (χ2v) is 11.2. The Balaban J connectivity index is 1.14. The first-order valence-electron chi connectivity index (χ1n) is 13.6. The van der Waals surface area contributed by atoms with Crippen LogP contribution >= 0.6 is 0 Å². The minimum absolute atomic E-state index is 0.0816. The second kappa shape index (κ2) is 9.36. The fourth-order valence-electron chi connectivity index (χ4n) is 5.86. The average molecular weight is 524 g/mol. The van der Waals surface area contributed by atoms with E-state index in [2.05, 4.69) is 64.0 Å². The molecule has 39 heavy (non-hydrogen) atoms. The van der Waals surface area contributed by atoms with Crippen LogP contribution in [0.1, 0.15) is 10.4 Å². The number of likely N-dealkylation sites (N-methyl/N-ethyl adjacent to an activating group) is 2. The summed E-state index contributed by atoms with van der Waals surface area (Å²) >= 11 is 0. The Morgan fingerprint density at radius 2 is 1.85 bits per heavy atom. The fraction of sp³-hybridized carbons (Fsp3) is 0.367. The zero-order valence-electron chi connectivity index (χ0n) is 22.6. The highest BCUT2D eigenvalue weighted by atomic mass is 16.5. The van der Waals surface area contributed by atoms with E-state index in [4.69, 9.17) is 9.72 Å². The molecule has 0 aliphatic carbocycles. The van der Waals surface area contributed by atoms with Crippen LogP contribution in [0.3, 0.4) is 0 Å². The second-order valence-electron chi connectivity index (χ2n) is 11.2. The number of nitrogens with zero attached hydrogens (tertiary/aromatic N) is 6. The number of fused-ring (bicyclic) bond motifs is 4. The Hall–Kier alpha value is -3.95. The molecule has 2 aromatic carbocycles. The summed E-state index contributed by atoms with van der Waals surface area (Å²) in [6.45, 7) is 5.33. The van der Waals surface area contributed by atoms with Gasteiger partial charge < -0.3 is 29.3 Å². The molecule has 5 heterocycles. The zero-order chi connectivity index (χ0) is 26.7. The van der Waals surface area contributed by atoms with Gasteiger partial charge in [-0.25, -0.2) is 9.97 Å². The molecule has 9 nitrogen and oxygen atoms in total. The van der Waals surface area contributed by atoms with Gasteiger partial charge in [-0.1, -0.05) is 18.2 Å². The quantitative estimate of drug-likeness (QED) is 0.440. The van der Waals surface area contributed by atoms with Gasteiger partial charge in [0.05, 0.1) is 23.6 Å². The summed E-state index contributed by atoms with van der Waals surface area (Å²) in [5.74, 6) is 0.988. The molecule has 9 heteroatoms. The number of amides is 1. The first-order valence-corrected chi connectivity index (χ1v) is 13.6. The predicted octanol–water partition coefficient (Wildman–Crippen LogP) is 3.19. The predicted molar refractivity (Wildman–Crippen MR) is 152 cm³/mol. The van der Waals surface area contributed by atoms with E-state index in [1.165, 1.54) is 0 Å². The monoisotopic (exact) mass is 523 g/mol. The van der Waals surface area contributed by atoms with Crippen molar-refractivity contribution in [3.8, 4) is 28.1 Å². The number of carbonyl (C=O) groups excluding carboxylic acids is 1. The molecular weight excluding hydrogens is 490 g/mol. The highest BCUT2D eigenvalue weighted by Gasteiger charge is 2.33. The first kappa shape index (κ1) is 24.1. The normalized spacial score (nSPS) is 19.5. The Kier molecular flexibility index (Phi) is 5.79. The van der Waals surface area contributed by atoms with Crippen LogP contribution < -0.4 is 9.64 Å². The van der Waals surface area contributed by atoms with Gasteiger partial charge in [-0.2, -0.15) is 0 Å². The van der Waals surface area contributed by atoms with Crippen LogP contribution in [0.25, 0.3) is 33.5 Å².